The highest BCUT2D eigenvalue weighted by molar-refractivity contribution is 8.00. The van der Waals surface area contributed by atoms with Gasteiger partial charge in [0.05, 0.1) is 15.4 Å². The summed E-state index contributed by atoms with van der Waals surface area (Å²) in [5.41, 5.74) is 2.91. The molecule has 1 aromatic carbocycles. The van der Waals surface area contributed by atoms with Crippen molar-refractivity contribution in [3.8, 4) is 21.1 Å². The fourth-order valence-electron chi connectivity index (χ4n) is 2.83. The Kier molecular flexibility index (Phi) is 5.66. The summed E-state index contributed by atoms with van der Waals surface area (Å²) >= 11 is 4.80. The number of aromatic nitrogens is 2. The first-order valence-electron chi connectivity index (χ1n) is 8.74. The number of thiophene rings is 2. The van der Waals surface area contributed by atoms with E-state index in [-0.39, 0.29) is 11.2 Å². The van der Waals surface area contributed by atoms with Crippen LogP contribution >= 0.6 is 34.4 Å². The Labute approximate surface area is 176 Å². The third-order valence-electron chi connectivity index (χ3n) is 4.20. The molecular weight excluding hydrogens is 406 g/mol. The minimum absolute atomic E-state index is 0.0444. The Morgan fingerprint density at radius 3 is 2.29 bits per heavy atom. The van der Waals surface area contributed by atoms with Gasteiger partial charge in [-0.3, -0.25) is 4.79 Å². The van der Waals surface area contributed by atoms with Crippen molar-refractivity contribution in [2.24, 2.45) is 0 Å². The van der Waals surface area contributed by atoms with Crippen LogP contribution in [0.3, 0.4) is 0 Å². The zero-order chi connectivity index (χ0) is 19.5. The van der Waals surface area contributed by atoms with E-state index in [1.807, 2.05) is 42.5 Å². The predicted molar refractivity (Wildman–Crippen MR) is 119 cm³/mol. The number of benzene rings is 1. The van der Waals surface area contributed by atoms with Gasteiger partial charge in [0.1, 0.15) is 10.9 Å². The van der Waals surface area contributed by atoms with Gasteiger partial charge in [-0.25, -0.2) is 4.98 Å². The summed E-state index contributed by atoms with van der Waals surface area (Å²) in [7, 11) is 3.57. The number of nitrogens with one attached hydrogen (secondary N) is 1. The first kappa shape index (κ1) is 19.0. The lowest BCUT2D eigenvalue weighted by Crippen LogP contribution is -2.26. The van der Waals surface area contributed by atoms with Gasteiger partial charge in [0, 0.05) is 14.1 Å². The van der Waals surface area contributed by atoms with E-state index in [0.29, 0.717) is 0 Å². The molecule has 4 aromatic rings. The Hall–Kier alpha value is -2.35. The molecule has 0 saturated carbocycles. The second-order valence-corrected chi connectivity index (χ2v) is 9.35. The van der Waals surface area contributed by atoms with Gasteiger partial charge in [0.25, 0.3) is 0 Å². The standard InChI is InChI=1S/C21H19N3OS3/c1-24(2)20(25)19(14-8-4-3-5-9-14)28-21-22-17(15-10-6-12-26-15)18(23-21)16-11-7-13-27-16/h3-13,19H,1-2H3,(H,22,23). The first-order chi connectivity index (χ1) is 13.6. The third kappa shape index (κ3) is 3.92. The molecule has 0 radical (unpaired) electrons. The average molecular weight is 426 g/mol. The summed E-state index contributed by atoms with van der Waals surface area (Å²) in [6.45, 7) is 0. The van der Waals surface area contributed by atoms with Crippen LogP contribution in [0.25, 0.3) is 21.1 Å². The monoisotopic (exact) mass is 425 g/mol. The molecule has 28 heavy (non-hydrogen) atoms. The van der Waals surface area contributed by atoms with Gasteiger partial charge in [-0.1, -0.05) is 54.2 Å². The normalized spacial score (nSPS) is 12.1. The van der Waals surface area contributed by atoms with Crippen LogP contribution in [-0.2, 0) is 4.79 Å². The topological polar surface area (TPSA) is 49.0 Å². The highest BCUT2D eigenvalue weighted by Gasteiger charge is 2.26. The van der Waals surface area contributed by atoms with Crippen LogP contribution in [0.5, 0.6) is 0 Å². The largest absolute Gasteiger partial charge is 0.348 e. The van der Waals surface area contributed by atoms with Gasteiger partial charge in [-0.05, 0) is 28.5 Å². The molecule has 0 aliphatic heterocycles. The Morgan fingerprint density at radius 2 is 1.68 bits per heavy atom. The molecular formula is C21H19N3OS3. The molecule has 0 aliphatic rings. The maximum atomic E-state index is 12.9. The maximum Gasteiger partial charge on any atom is 0.240 e. The molecule has 4 rings (SSSR count). The number of hydrogen-bond acceptors (Lipinski definition) is 5. The highest BCUT2D eigenvalue weighted by Crippen LogP contribution is 2.40. The summed E-state index contributed by atoms with van der Waals surface area (Å²) < 4.78 is 0. The van der Waals surface area contributed by atoms with Crippen molar-refractivity contribution in [1.82, 2.24) is 14.9 Å². The van der Waals surface area contributed by atoms with Crippen LogP contribution in [0.1, 0.15) is 10.8 Å². The zero-order valence-electron chi connectivity index (χ0n) is 15.5. The lowest BCUT2D eigenvalue weighted by atomic mass is 10.1. The van der Waals surface area contributed by atoms with E-state index in [0.717, 1.165) is 31.9 Å². The summed E-state index contributed by atoms with van der Waals surface area (Å²) in [5.74, 6) is 0.0444. The quantitative estimate of drug-likeness (QED) is 0.398. The number of nitrogens with zero attached hydrogens (tertiary/aromatic N) is 2. The number of carbonyl (C=O) groups excluding carboxylic acids is 1. The highest BCUT2D eigenvalue weighted by atomic mass is 32.2. The van der Waals surface area contributed by atoms with Crippen molar-refractivity contribution in [3.05, 3.63) is 70.9 Å². The lowest BCUT2D eigenvalue weighted by molar-refractivity contribution is -0.128. The lowest BCUT2D eigenvalue weighted by Gasteiger charge is -2.19. The number of likely N-dealkylation sites (N-methyl/N-ethyl adjacent to an activating group) is 1. The second-order valence-electron chi connectivity index (χ2n) is 6.36. The summed E-state index contributed by atoms with van der Waals surface area (Å²) in [5, 5.41) is 4.51. The fraction of sp³-hybridized carbons (Fsp3) is 0.143. The minimum atomic E-state index is -0.352. The first-order valence-corrected chi connectivity index (χ1v) is 11.4. The van der Waals surface area contributed by atoms with Crippen LogP contribution in [0.15, 0.2) is 70.5 Å². The van der Waals surface area contributed by atoms with Crippen LogP contribution in [-0.4, -0.2) is 34.9 Å². The van der Waals surface area contributed by atoms with Gasteiger partial charge in [0.15, 0.2) is 5.16 Å². The molecule has 0 bridgehead atoms. The number of thioether (sulfide) groups is 1. The van der Waals surface area contributed by atoms with E-state index < -0.39 is 0 Å². The van der Waals surface area contributed by atoms with E-state index in [9.17, 15) is 4.79 Å². The molecule has 4 nitrogen and oxygen atoms in total. The molecule has 1 N–H and O–H groups in total. The Balaban J connectivity index is 1.74. The number of H-pyrrole nitrogens is 1. The summed E-state index contributed by atoms with van der Waals surface area (Å²) in [6, 6.07) is 18.1. The van der Waals surface area contributed by atoms with E-state index in [1.165, 1.54) is 11.8 Å². The number of carbonyl (C=O) groups is 1. The molecule has 0 fully saturated rings. The molecule has 7 heteroatoms. The van der Waals surface area contributed by atoms with Gasteiger partial charge < -0.3 is 9.88 Å². The van der Waals surface area contributed by atoms with Crippen molar-refractivity contribution in [2.45, 2.75) is 10.4 Å². The van der Waals surface area contributed by atoms with Crippen molar-refractivity contribution in [3.63, 3.8) is 0 Å². The summed E-state index contributed by atoms with van der Waals surface area (Å²) in [4.78, 5) is 25.1. The van der Waals surface area contributed by atoms with Gasteiger partial charge in [0.2, 0.25) is 5.91 Å². The predicted octanol–water partition coefficient (Wildman–Crippen LogP) is 5.79. The van der Waals surface area contributed by atoms with E-state index in [4.69, 9.17) is 4.98 Å². The molecule has 0 aliphatic carbocycles. The number of amides is 1. The van der Waals surface area contributed by atoms with Crippen LogP contribution in [0, 0.1) is 0 Å². The van der Waals surface area contributed by atoms with Crippen LogP contribution in [0.4, 0.5) is 0 Å². The number of hydrogen-bond donors (Lipinski definition) is 1. The number of aromatic amines is 1. The molecule has 3 aromatic heterocycles. The van der Waals surface area contributed by atoms with E-state index >= 15 is 0 Å². The van der Waals surface area contributed by atoms with Crippen molar-refractivity contribution in [2.75, 3.05) is 14.1 Å². The van der Waals surface area contributed by atoms with E-state index in [1.54, 1.807) is 41.7 Å². The molecule has 142 valence electrons. The zero-order valence-corrected chi connectivity index (χ0v) is 17.9. The van der Waals surface area contributed by atoms with Gasteiger partial charge in [-0.2, -0.15) is 0 Å². The Bertz CT molecular complexity index is 986. The number of rotatable bonds is 6. The SMILES string of the molecule is CN(C)C(=O)C(Sc1nc(-c2cccs2)c(-c2cccs2)[nH]1)c1ccccc1. The van der Waals surface area contributed by atoms with E-state index in [2.05, 4.69) is 27.9 Å². The molecule has 0 spiro atoms. The van der Waals surface area contributed by atoms with Crippen molar-refractivity contribution >= 4 is 40.3 Å². The molecule has 3 heterocycles. The smallest absolute Gasteiger partial charge is 0.240 e. The average Bonchev–Trinajstić information content (AvgIpc) is 3.47. The van der Waals surface area contributed by atoms with Crippen molar-refractivity contribution < 1.29 is 4.79 Å². The van der Waals surface area contributed by atoms with Gasteiger partial charge >= 0.3 is 0 Å². The third-order valence-corrected chi connectivity index (χ3v) is 7.09. The van der Waals surface area contributed by atoms with Crippen LogP contribution < -0.4 is 0 Å². The minimum Gasteiger partial charge on any atom is -0.348 e. The molecule has 0 saturated heterocycles. The van der Waals surface area contributed by atoms with Crippen molar-refractivity contribution in [1.29, 1.82) is 0 Å². The Morgan fingerprint density at radius 1 is 1.00 bits per heavy atom. The maximum absolute atomic E-state index is 12.9. The van der Waals surface area contributed by atoms with Gasteiger partial charge in [-0.15, -0.1) is 22.7 Å². The molecule has 1 amide bonds. The molecule has 1 atom stereocenters. The summed E-state index contributed by atoms with van der Waals surface area (Å²) in [6.07, 6.45) is 0. The second kappa shape index (κ2) is 8.34. The van der Waals surface area contributed by atoms with Crippen LogP contribution in [0.2, 0.25) is 0 Å². The fourth-order valence-corrected chi connectivity index (χ4v) is 5.41. The molecule has 1 unspecified atom stereocenters. The number of imidazole rings is 1.